The second-order valence-electron chi connectivity index (χ2n) is 3.61. The lowest BCUT2D eigenvalue weighted by Gasteiger charge is -2.00. The molecule has 82 valence electrons. The average Bonchev–Trinajstić information content (AvgIpc) is 2.21. The molecule has 0 saturated heterocycles. The zero-order valence-corrected chi connectivity index (χ0v) is 10.6. The Morgan fingerprint density at radius 1 is 1.40 bits per heavy atom. The van der Waals surface area contributed by atoms with Crippen molar-refractivity contribution >= 4 is 21.7 Å². The number of Topliss-reactive ketones (excluding diaryl/α,β-unsaturated/α-hetero) is 1. The highest BCUT2D eigenvalue weighted by Crippen LogP contribution is 2.09. The van der Waals surface area contributed by atoms with Crippen molar-refractivity contribution in [2.75, 3.05) is 0 Å². The van der Waals surface area contributed by atoms with Crippen LogP contribution in [0.15, 0.2) is 22.8 Å². The van der Waals surface area contributed by atoms with E-state index < -0.39 is 0 Å². The highest BCUT2D eigenvalue weighted by molar-refractivity contribution is 9.10. The average molecular weight is 270 g/mol. The first-order valence-electron chi connectivity index (χ1n) is 5.34. The highest BCUT2D eigenvalue weighted by Gasteiger charge is 2.01. The Morgan fingerprint density at radius 3 is 2.80 bits per heavy atom. The number of ketones is 1. The molecule has 0 aliphatic rings. The predicted molar refractivity (Wildman–Crippen MR) is 64.8 cm³/mol. The smallest absolute Gasteiger partial charge is 0.132 e. The summed E-state index contributed by atoms with van der Waals surface area (Å²) in [6.07, 6.45) is 5.95. The van der Waals surface area contributed by atoms with Gasteiger partial charge in [-0.25, -0.2) is 0 Å². The van der Waals surface area contributed by atoms with E-state index in [1.807, 2.05) is 19.1 Å². The van der Waals surface area contributed by atoms with Gasteiger partial charge in [-0.3, -0.25) is 9.78 Å². The molecule has 0 aliphatic carbocycles. The summed E-state index contributed by atoms with van der Waals surface area (Å²) in [5.41, 5.74) is 1.06. The molecule has 15 heavy (non-hydrogen) atoms. The van der Waals surface area contributed by atoms with Crippen LogP contribution in [0.3, 0.4) is 0 Å². The SMILES string of the molecule is CCCC(=O)CCCc1ccc(Br)cn1. The molecule has 0 atom stereocenters. The molecular formula is C12H16BrNO. The zero-order chi connectivity index (χ0) is 11.1. The van der Waals surface area contributed by atoms with E-state index in [1.54, 1.807) is 6.20 Å². The van der Waals surface area contributed by atoms with Crippen molar-refractivity contribution in [3.05, 3.63) is 28.5 Å². The number of hydrogen-bond donors (Lipinski definition) is 0. The predicted octanol–water partition coefficient (Wildman–Crippen LogP) is 3.54. The van der Waals surface area contributed by atoms with Crippen molar-refractivity contribution in [2.45, 2.75) is 39.0 Å². The van der Waals surface area contributed by atoms with Gasteiger partial charge in [-0.2, -0.15) is 0 Å². The number of carbonyl (C=O) groups is 1. The highest BCUT2D eigenvalue weighted by atomic mass is 79.9. The number of halogens is 1. The van der Waals surface area contributed by atoms with Crippen molar-refractivity contribution in [3.63, 3.8) is 0 Å². The van der Waals surface area contributed by atoms with Crippen LogP contribution in [-0.2, 0) is 11.2 Å². The number of carbonyl (C=O) groups excluding carboxylic acids is 1. The van der Waals surface area contributed by atoms with Crippen LogP contribution < -0.4 is 0 Å². The lowest BCUT2D eigenvalue weighted by molar-refractivity contribution is -0.119. The van der Waals surface area contributed by atoms with Gasteiger partial charge in [0, 0.05) is 29.2 Å². The fourth-order valence-corrected chi connectivity index (χ4v) is 1.66. The summed E-state index contributed by atoms with van der Waals surface area (Å²) in [4.78, 5) is 15.5. The quantitative estimate of drug-likeness (QED) is 0.791. The Balaban J connectivity index is 2.26. The minimum absolute atomic E-state index is 0.370. The molecule has 1 heterocycles. The fourth-order valence-electron chi connectivity index (χ4n) is 1.42. The molecule has 0 aliphatic heterocycles. The third-order valence-corrected chi connectivity index (χ3v) is 2.68. The molecular weight excluding hydrogens is 254 g/mol. The first-order valence-corrected chi connectivity index (χ1v) is 6.14. The molecule has 1 aromatic rings. The lowest BCUT2D eigenvalue weighted by atomic mass is 10.1. The normalized spacial score (nSPS) is 10.3. The van der Waals surface area contributed by atoms with Crippen molar-refractivity contribution in [1.82, 2.24) is 4.98 Å². The van der Waals surface area contributed by atoms with Crippen LogP contribution in [-0.4, -0.2) is 10.8 Å². The van der Waals surface area contributed by atoms with Gasteiger partial charge < -0.3 is 0 Å². The minimum Gasteiger partial charge on any atom is -0.300 e. The third kappa shape index (κ3) is 5.07. The molecule has 0 fully saturated rings. The van der Waals surface area contributed by atoms with E-state index in [0.717, 1.165) is 29.4 Å². The Morgan fingerprint density at radius 2 is 2.20 bits per heavy atom. The van der Waals surface area contributed by atoms with Crippen LogP contribution >= 0.6 is 15.9 Å². The number of pyridine rings is 1. The van der Waals surface area contributed by atoms with Crippen LogP contribution in [0.1, 0.15) is 38.3 Å². The second-order valence-corrected chi connectivity index (χ2v) is 4.53. The van der Waals surface area contributed by atoms with Crippen LogP contribution in [0.2, 0.25) is 0 Å². The second kappa shape index (κ2) is 6.72. The summed E-state index contributed by atoms with van der Waals surface area (Å²) in [7, 11) is 0. The topological polar surface area (TPSA) is 30.0 Å². The fraction of sp³-hybridized carbons (Fsp3) is 0.500. The van der Waals surface area contributed by atoms with Gasteiger partial charge in [0.2, 0.25) is 0 Å². The molecule has 0 N–H and O–H groups in total. The van der Waals surface area contributed by atoms with Crippen molar-refractivity contribution < 1.29 is 4.79 Å². The first kappa shape index (κ1) is 12.4. The molecule has 1 rings (SSSR count). The lowest BCUT2D eigenvalue weighted by Crippen LogP contribution is -1.98. The third-order valence-electron chi connectivity index (χ3n) is 2.21. The summed E-state index contributed by atoms with van der Waals surface area (Å²) < 4.78 is 0.994. The van der Waals surface area contributed by atoms with Crippen molar-refractivity contribution in [3.8, 4) is 0 Å². The van der Waals surface area contributed by atoms with Crippen LogP contribution in [0.25, 0.3) is 0 Å². The first-order chi connectivity index (χ1) is 7.22. The van der Waals surface area contributed by atoms with Crippen molar-refractivity contribution in [2.24, 2.45) is 0 Å². The molecule has 0 spiro atoms. The van der Waals surface area contributed by atoms with Gasteiger partial charge in [0.05, 0.1) is 0 Å². The molecule has 3 heteroatoms. The molecule has 0 saturated carbocycles. The maximum Gasteiger partial charge on any atom is 0.132 e. The monoisotopic (exact) mass is 269 g/mol. The van der Waals surface area contributed by atoms with Gasteiger partial charge in [-0.1, -0.05) is 6.92 Å². The Kier molecular flexibility index (Phi) is 5.54. The number of hydrogen-bond acceptors (Lipinski definition) is 2. The molecule has 0 aromatic carbocycles. The molecule has 0 radical (unpaired) electrons. The minimum atomic E-state index is 0.370. The largest absolute Gasteiger partial charge is 0.300 e. The van der Waals surface area contributed by atoms with E-state index >= 15 is 0 Å². The van der Waals surface area contributed by atoms with E-state index in [-0.39, 0.29) is 0 Å². The van der Waals surface area contributed by atoms with Crippen molar-refractivity contribution in [1.29, 1.82) is 0 Å². The summed E-state index contributed by atoms with van der Waals surface area (Å²) in [5.74, 6) is 0.370. The van der Waals surface area contributed by atoms with E-state index in [0.29, 0.717) is 18.6 Å². The standard InChI is InChI=1S/C12H16BrNO/c1-2-4-12(15)6-3-5-11-8-7-10(13)9-14-11/h7-9H,2-6H2,1H3. The maximum absolute atomic E-state index is 11.3. The van der Waals surface area contributed by atoms with Gasteiger partial charge in [0.25, 0.3) is 0 Å². The molecule has 0 unspecified atom stereocenters. The van der Waals surface area contributed by atoms with E-state index in [9.17, 15) is 4.79 Å². The Labute approximate surface area is 99.2 Å². The number of nitrogens with zero attached hydrogens (tertiary/aromatic N) is 1. The van der Waals surface area contributed by atoms with E-state index in [1.165, 1.54) is 0 Å². The van der Waals surface area contributed by atoms with E-state index in [2.05, 4.69) is 20.9 Å². The number of rotatable bonds is 6. The zero-order valence-electron chi connectivity index (χ0n) is 9.00. The summed E-state index contributed by atoms with van der Waals surface area (Å²) in [6.45, 7) is 2.04. The Hall–Kier alpha value is -0.700. The molecule has 2 nitrogen and oxygen atoms in total. The molecule has 1 aromatic heterocycles. The van der Waals surface area contributed by atoms with Gasteiger partial charge in [-0.15, -0.1) is 0 Å². The van der Waals surface area contributed by atoms with Gasteiger partial charge in [0.1, 0.15) is 5.78 Å². The van der Waals surface area contributed by atoms with Crippen LogP contribution in [0.5, 0.6) is 0 Å². The summed E-state index contributed by atoms with van der Waals surface area (Å²) in [6, 6.07) is 3.98. The van der Waals surface area contributed by atoms with E-state index in [4.69, 9.17) is 0 Å². The maximum atomic E-state index is 11.3. The van der Waals surface area contributed by atoms with Gasteiger partial charge >= 0.3 is 0 Å². The summed E-state index contributed by atoms with van der Waals surface area (Å²) >= 11 is 3.34. The number of aromatic nitrogens is 1. The van der Waals surface area contributed by atoms with Gasteiger partial charge in [-0.05, 0) is 47.3 Å². The summed E-state index contributed by atoms with van der Waals surface area (Å²) in [5, 5.41) is 0. The van der Waals surface area contributed by atoms with Gasteiger partial charge in [0.15, 0.2) is 0 Å². The van der Waals surface area contributed by atoms with Crippen LogP contribution in [0, 0.1) is 0 Å². The Bertz CT molecular complexity index is 308. The molecule has 0 amide bonds. The molecule has 0 bridgehead atoms. The van der Waals surface area contributed by atoms with Crippen LogP contribution in [0.4, 0.5) is 0 Å². The number of aryl methyl sites for hydroxylation is 1.